The molecular weight excluding hydrogens is 154 g/mol. The summed E-state index contributed by atoms with van der Waals surface area (Å²) in [6, 6.07) is 1.31. The molecule has 0 saturated heterocycles. The SMILES string of the molecule is O=Cc1cc(F)cc(O)c1F. The molecule has 0 spiro atoms. The second-order valence-corrected chi connectivity index (χ2v) is 1.95. The van der Waals surface area contributed by atoms with E-state index >= 15 is 0 Å². The van der Waals surface area contributed by atoms with E-state index in [1.165, 1.54) is 0 Å². The van der Waals surface area contributed by atoms with Crippen LogP contribution in [0, 0.1) is 11.6 Å². The molecule has 0 unspecified atom stereocenters. The highest BCUT2D eigenvalue weighted by Gasteiger charge is 2.08. The van der Waals surface area contributed by atoms with Crippen LogP contribution in [0.2, 0.25) is 0 Å². The van der Waals surface area contributed by atoms with Crippen LogP contribution in [0.4, 0.5) is 8.78 Å². The first-order chi connectivity index (χ1) is 5.15. The Balaban J connectivity index is 3.35. The molecule has 0 saturated carbocycles. The number of phenolic OH excluding ortho intramolecular Hbond substituents is 1. The number of aromatic hydroxyl groups is 1. The van der Waals surface area contributed by atoms with Crippen molar-refractivity contribution in [3.05, 3.63) is 29.3 Å². The monoisotopic (exact) mass is 158 g/mol. The zero-order valence-corrected chi connectivity index (χ0v) is 5.34. The Morgan fingerprint density at radius 3 is 2.55 bits per heavy atom. The van der Waals surface area contributed by atoms with Gasteiger partial charge in [-0.2, -0.15) is 0 Å². The largest absolute Gasteiger partial charge is 0.505 e. The maximum atomic E-state index is 12.5. The van der Waals surface area contributed by atoms with Gasteiger partial charge in [0.1, 0.15) is 5.82 Å². The highest BCUT2D eigenvalue weighted by molar-refractivity contribution is 5.76. The third kappa shape index (κ3) is 1.34. The molecule has 0 heterocycles. The van der Waals surface area contributed by atoms with Crippen LogP contribution in [-0.4, -0.2) is 11.4 Å². The smallest absolute Gasteiger partial charge is 0.175 e. The molecule has 0 fully saturated rings. The molecular formula is C7H4F2O2. The summed E-state index contributed by atoms with van der Waals surface area (Å²) in [4.78, 5) is 10.0. The topological polar surface area (TPSA) is 37.3 Å². The fourth-order valence-electron chi connectivity index (χ4n) is 0.681. The lowest BCUT2D eigenvalue weighted by molar-refractivity contribution is 0.111. The van der Waals surface area contributed by atoms with E-state index in [1.54, 1.807) is 0 Å². The van der Waals surface area contributed by atoms with Crippen molar-refractivity contribution in [2.75, 3.05) is 0 Å². The number of carbonyl (C=O) groups excluding carboxylic acids is 1. The van der Waals surface area contributed by atoms with Crippen LogP contribution in [0.25, 0.3) is 0 Å². The molecule has 58 valence electrons. The minimum atomic E-state index is -1.10. The quantitative estimate of drug-likeness (QED) is 0.628. The molecule has 1 rings (SSSR count). The lowest BCUT2D eigenvalue weighted by atomic mass is 10.2. The fraction of sp³-hybridized carbons (Fsp3) is 0. The highest BCUT2D eigenvalue weighted by atomic mass is 19.1. The highest BCUT2D eigenvalue weighted by Crippen LogP contribution is 2.19. The maximum Gasteiger partial charge on any atom is 0.175 e. The second-order valence-electron chi connectivity index (χ2n) is 1.95. The molecule has 0 aromatic heterocycles. The van der Waals surface area contributed by atoms with Gasteiger partial charge < -0.3 is 5.11 Å². The number of phenols is 1. The summed E-state index contributed by atoms with van der Waals surface area (Å²) >= 11 is 0. The van der Waals surface area contributed by atoms with Gasteiger partial charge in [0, 0.05) is 6.07 Å². The van der Waals surface area contributed by atoms with Gasteiger partial charge >= 0.3 is 0 Å². The third-order valence-electron chi connectivity index (χ3n) is 1.17. The molecule has 0 atom stereocenters. The van der Waals surface area contributed by atoms with E-state index in [9.17, 15) is 13.6 Å². The van der Waals surface area contributed by atoms with Crippen LogP contribution in [-0.2, 0) is 0 Å². The van der Waals surface area contributed by atoms with E-state index in [1.807, 2.05) is 0 Å². The number of aldehydes is 1. The van der Waals surface area contributed by atoms with E-state index in [0.717, 1.165) is 0 Å². The lowest BCUT2D eigenvalue weighted by Crippen LogP contribution is -1.89. The Morgan fingerprint density at radius 1 is 1.36 bits per heavy atom. The van der Waals surface area contributed by atoms with Gasteiger partial charge in [-0.25, -0.2) is 8.78 Å². The van der Waals surface area contributed by atoms with E-state index in [2.05, 4.69) is 0 Å². The predicted molar refractivity (Wildman–Crippen MR) is 33.4 cm³/mol. The Labute approximate surface area is 61.1 Å². The van der Waals surface area contributed by atoms with Crippen LogP contribution >= 0.6 is 0 Å². The Kier molecular flexibility index (Phi) is 1.85. The Morgan fingerprint density at radius 2 is 2.00 bits per heavy atom. The van der Waals surface area contributed by atoms with Crippen LogP contribution < -0.4 is 0 Å². The zero-order valence-electron chi connectivity index (χ0n) is 5.34. The zero-order chi connectivity index (χ0) is 8.43. The molecule has 1 aromatic carbocycles. The molecule has 4 heteroatoms. The number of hydrogen-bond donors (Lipinski definition) is 1. The first-order valence-electron chi connectivity index (χ1n) is 2.78. The molecule has 11 heavy (non-hydrogen) atoms. The summed E-state index contributed by atoms with van der Waals surface area (Å²) < 4.78 is 24.8. The summed E-state index contributed by atoms with van der Waals surface area (Å²) in [5.41, 5.74) is -0.484. The maximum absolute atomic E-state index is 12.5. The summed E-state index contributed by atoms with van der Waals surface area (Å²) in [6.07, 6.45) is 0.137. The van der Waals surface area contributed by atoms with Crippen molar-refractivity contribution in [3.63, 3.8) is 0 Å². The van der Waals surface area contributed by atoms with Gasteiger partial charge in [-0.3, -0.25) is 4.79 Å². The van der Waals surface area contributed by atoms with Crippen molar-refractivity contribution in [2.24, 2.45) is 0 Å². The van der Waals surface area contributed by atoms with Crippen molar-refractivity contribution in [2.45, 2.75) is 0 Å². The minimum absolute atomic E-state index is 0.137. The predicted octanol–water partition coefficient (Wildman–Crippen LogP) is 1.48. The number of carbonyl (C=O) groups is 1. The van der Waals surface area contributed by atoms with Gasteiger partial charge in [0.05, 0.1) is 5.56 Å². The van der Waals surface area contributed by atoms with E-state index in [-0.39, 0.29) is 6.29 Å². The average Bonchev–Trinajstić information content (AvgIpc) is 1.96. The first-order valence-corrected chi connectivity index (χ1v) is 2.78. The lowest BCUT2D eigenvalue weighted by Gasteiger charge is -1.97. The fourth-order valence-corrected chi connectivity index (χ4v) is 0.681. The summed E-state index contributed by atoms with van der Waals surface area (Å²) in [7, 11) is 0. The van der Waals surface area contributed by atoms with Crippen LogP contribution in [0.3, 0.4) is 0 Å². The van der Waals surface area contributed by atoms with Crippen molar-refractivity contribution in [1.29, 1.82) is 0 Å². The molecule has 0 aliphatic heterocycles. The van der Waals surface area contributed by atoms with E-state index in [4.69, 9.17) is 5.11 Å². The third-order valence-corrected chi connectivity index (χ3v) is 1.17. The van der Waals surface area contributed by atoms with Gasteiger partial charge in [-0.15, -0.1) is 0 Å². The van der Waals surface area contributed by atoms with Crippen molar-refractivity contribution < 1.29 is 18.7 Å². The minimum Gasteiger partial charge on any atom is -0.505 e. The molecule has 2 nitrogen and oxygen atoms in total. The average molecular weight is 158 g/mol. The number of benzene rings is 1. The molecule has 0 radical (unpaired) electrons. The molecule has 1 N–H and O–H groups in total. The van der Waals surface area contributed by atoms with Crippen LogP contribution in [0.1, 0.15) is 10.4 Å². The molecule has 0 amide bonds. The standard InChI is InChI=1S/C7H4F2O2/c8-5-1-4(3-10)7(9)6(11)2-5/h1-3,11H. The molecule has 0 aliphatic rings. The first kappa shape index (κ1) is 7.65. The summed E-state index contributed by atoms with van der Waals surface area (Å²) in [5, 5.41) is 8.64. The molecule has 1 aromatic rings. The van der Waals surface area contributed by atoms with E-state index in [0.29, 0.717) is 12.1 Å². The Hall–Kier alpha value is -1.45. The van der Waals surface area contributed by atoms with E-state index < -0.39 is 22.9 Å². The molecule has 0 aliphatic carbocycles. The summed E-state index contributed by atoms with van der Waals surface area (Å²) in [5.74, 6) is -2.79. The normalized spacial score (nSPS) is 9.64. The van der Waals surface area contributed by atoms with Crippen LogP contribution in [0.5, 0.6) is 5.75 Å². The van der Waals surface area contributed by atoms with Crippen molar-refractivity contribution in [3.8, 4) is 5.75 Å². The Bertz CT molecular complexity index is 297. The van der Waals surface area contributed by atoms with Gasteiger partial charge in [0.15, 0.2) is 17.9 Å². The number of halogens is 2. The van der Waals surface area contributed by atoms with Gasteiger partial charge in [-0.1, -0.05) is 0 Å². The number of hydrogen-bond acceptors (Lipinski definition) is 2. The second kappa shape index (κ2) is 2.65. The molecule has 0 bridgehead atoms. The van der Waals surface area contributed by atoms with Gasteiger partial charge in [0.25, 0.3) is 0 Å². The van der Waals surface area contributed by atoms with Crippen molar-refractivity contribution >= 4 is 6.29 Å². The van der Waals surface area contributed by atoms with Crippen LogP contribution in [0.15, 0.2) is 12.1 Å². The van der Waals surface area contributed by atoms with Gasteiger partial charge in [0.2, 0.25) is 0 Å². The van der Waals surface area contributed by atoms with Gasteiger partial charge in [-0.05, 0) is 6.07 Å². The summed E-state index contributed by atoms with van der Waals surface area (Å²) in [6.45, 7) is 0. The number of rotatable bonds is 1. The van der Waals surface area contributed by atoms with Crippen molar-refractivity contribution in [1.82, 2.24) is 0 Å².